The molecular weight excluding hydrogens is 606 g/mol. The van der Waals surface area contributed by atoms with E-state index in [0.717, 1.165) is 11.1 Å². The van der Waals surface area contributed by atoms with Gasteiger partial charge in [0.25, 0.3) is 5.91 Å². The number of likely N-dealkylation sites (tertiary alicyclic amines) is 1. The van der Waals surface area contributed by atoms with E-state index < -0.39 is 35.6 Å². The van der Waals surface area contributed by atoms with Gasteiger partial charge in [0.05, 0.1) is 37.7 Å². The second-order valence-electron chi connectivity index (χ2n) is 12.8. The molecule has 6 atom stereocenters. The molecule has 3 saturated heterocycles. The quantitative estimate of drug-likeness (QED) is 0.260. The van der Waals surface area contributed by atoms with Gasteiger partial charge in [0.2, 0.25) is 11.8 Å². The highest BCUT2D eigenvalue weighted by Crippen LogP contribution is 2.59. The number of hydrogen-bond acceptors (Lipinski definition) is 6. The zero-order chi connectivity index (χ0) is 33.8. The van der Waals surface area contributed by atoms with Crippen molar-refractivity contribution in [1.29, 1.82) is 0 Å². The number of benzene rings is 3. The number of ether oxygens (including phenoxy) is 2. The molecule has 9 heteroatoms. The number of anilines is 1. The normalized spacial score (nSPS) is 24.5. The van der Waals surface area contributed by atoms with Crippen LogP contribution < -0.4 is 9.64 Å². The Morgan fingerprint density at radius 1 is 0.979 bits per heavy atom. The van der Waals surface area contributed by atoms with E-state index in [2.05, 4.69) is 13.2 Å². The fourth-order valence-electron chi connectivity index (χ4n) is 7.95. The van der Waals surface area contributed by atoms with Gasteiger partial charge in [0, 0.05) is 25.3 Å². The van der Waals surface area contributed by atoms with Gasteiger partial charge in [0.15, 0.2) is 0 Å². The lowest BCUT2D eigenvalue weighted by Crippen LogP contribution is -2.59. The summed E-state index contributed by atoms with van der Waals surface area (Å²) in [5, 5.41) is 10.8. The number of nitrogens with zero attached hydrogens (tertiary/aromatic N) is 3. The van der Waals surface area contributed by atoms with Gasteiger partial charge in [-0.2, -0.15) is 0 Å². The molecule has 3 heterocycles. The topological polar surface area (TPSA) is 99.6 Å². The van der Waals surface area contributed by atoms with E-state index in [1.165, 1.54) is 4.90 Å². The number of methoxy groups -OCH3 is 1. The van der Waals surface area contributed by atoms with Crippen LogP contribution in [0.5, 0.6) is 5.75 Å². The second-order valence-corrected chi connectivity index (χ2v) is 12.8. The van der Waals surface area contributed by atoms with Gasteiger partial charge in [0.1, 0.15) is 17.4 Å². The van der Waals surface area contributed by atoms with Gasteiger partial charge in [-0.1, -0.05) is 72.8 Å². The molecule has 6 rings (SSSR count). The lowest BCUT2D eigenvalue weighted by molar-refractivity contribution is -0.147. The van der Waals surface area contributed by atoms with E-state index in [4.69, 9.17) is 9.47 Å². The van der Waals surface area contributed by atoms with Gasteiger partial charge in [-0.15, -0.1) is 13.2 Å². The van der Waals surface area contributed by atoms with E-state index in [1.54, 1.807) is 53.3 Å². The lowest BCUT2D eigenvalue weighted by atomic mass is 9.70. The summed E-state index contributed by atoms with van der Waals surface area (Å²) in [4.78, 5) is 49.2. The molecule has 3 aromatic carbocycles. The van der Waals surface area contributed by atoms with E-state index in [-0.39, 0.29) is 30.9 Å². The molecular formula is C39H43N3O6. The first-order valence-electron chi connectivity index (χ1n) is 16.5. The molecule has 2 unspecified atom stereocenters. The van der Waals surface area contributed by atoms with Crippen LogP contribution in [0.2, 0.25) is 0 Å². The predicted octanol–water partition coefficient (Wildman–Crippen LogP) is 4.41. The Morgan fingerprint density at radius 3 is 2.23 bits per heavy atom. The zero-order valence-electron chi connectivity index (χ0n) is 27.3. The van der Waals surface area contributed by atoms with E-state index in [1.807, 2.05) is 60.7 Å². The number of aliphatic hydroxyl groups is 1. The Hall–Kier alpha value is -4.73. The minimum absolute atomic E-state index is 0.183. The van der Waals surface area contributed by atoms with Crippen LogP contribution in [0, 0.1) is 11.8 Å². The highest BCUT2D eigenvalue weighted by Gasteiger charge is 2.75. The Kier molecular flexibility index (Phi) is 9.80. The molecule has 3 amide bonds. The third-order valence-electron chi connectivity index (χ3n) is 10.0. The second kappa shape index (κ2) is 14.2. The standard InChI is InChI=1S/C39H43N3O6/c1-4-22-40(25-28-14-10-7-11-15-28)36(44)33-32-20-21-39(48-32)34(33)37(45)42(30(26-43)24-27-12-8-6-9-13-27)35(39)38(46)41(23-5-2)29-16-18-31(47-3)19-17-29/h4-19,30,32-35,43H,1-2,20-26H2,3H3/t30-,32-,33+,34+,35?,39?/m1/s1. The van der Waals surface area contributed by atoms with Crippen LogP contribution in [0.15, 0.2) is 110 Å². The smallest absolute Gasteiger partial charge is 0.253 e. The summed E-state index contributed by atoms with van der Waals surface area (Å²) in [6, 6.07) is 24.6. The maximum atomic E-state index is 15.0. The molecule has 0 aromatic heterocycles. The fourth-order valence-corrected chi connectivity index (χ4v) is 7.95. The van der Waals surface area contributed by atoms with Crippen LogP contribution in [0.3, 0.4) is 0 Å². The van der Waals surface area contributed by atoms with Crippen molar-refractivity contribution in [3.63, 3.8) is 0 Å². The number of amides is 3. The Bertz CT molecular complexity index is 1630. The van der Waals surface area contributed by atoms with Crippen LogP contribution >= 0.6 is 0 Å². The van der Waals surface area contributed by atoms with Crippen LogP contribution in [0.1, 0.15) is 24.0 Å². The highest BCUT2D eigenvalue weighted by atomic mass is 16.5. The molecule has 1 N–H and O–H groups in total. The number of fused-ring (bicyclic) bond motifs is 1. The minimum Gasteiger partial charge on any atom is -0.497 e. The first kappa shape index (κ1) is 33.2. The van der Waals surface area contributed by atoms with E-state index in [0.29, 0.717) is 43.8 Å². The molecule has 0 aliphatic carbocycles. The summed E-state index contributed by atoms with van der Waals surface area (Å²) in [6.45, 7) is 8.26. The summed E-state index contributed by atoms with van der Waals surface area (Å²) in [7, 11) is 1.58. The Labute approximate surface area is 282 Å². The molecule has 0 saturated carbocycles. The third kappa shape index (κ3) is 5.93. The molecule has 9 nitrogen and oxygen atoms in total. The summed E-state index contributed by atoms with van der Waals surface area (Å²) < 4.78 is 12.1. The van der Waals surface area contributed by atoms with Crippen LogP contribution in [0.25, 0.3) is 0 Å². The molecule has 1 spiro atoms. The van der Waals surface area contributed by atoms with Crippen molar-refractivity contribution in [2.24, 2.45) is 11.8 Å². The van der Waals surface area contributed by atoms with E-state index in [9.17, 15) is 19.5 Å². The maximum Gasteiger partial charge on any atom is 0.253 e. The number of rotatable bonds is 14. The van der Waals surface area contributed by atoms with Crippen molar-refractivity contribution in [3.8, 4) is 5.75 Å². The minimum atomic E-state index is -1.23. The SMILES string of the molecule is C=CCN(Cc1ccccc1)C(=O)[C@@H]1[C@H]2C(=O)N([C@@H](CO)Cc3ccccc3)C(C(=O)N(CC=C)c3ccc(OC)cc3)C23CC[C@H]1O3. The van der Waals surface area contributed by atoms with Crippen LogP contribution in [0.4, 0.5) is 5.69 Å². The summed E-state index contributed by atoms with van der Waals surface area (Å²) in [5.74, 6) is -1.90. The molecule has 2 bridgehead atoms. The molecule has 3 aromatic rings. The molecule has 250 valence electrons. The lowest BCUT2D eigenvalue weighted by Gasteiger charge is -2.39. The number of carbonyl (C=O) groups excluding carboxylic acids is 3. The zero-order valence-corrected chi connectivity index (χ0v) is 27.3. The van der Waals surface area contributed by atoms with Crippen molar-refractivity contribution in [1.82, 2.24) is 9.80 Å². The monoisotopic (exact) mass is 649 g/mol. The number of hydrogen-bond donors (Lipinski definition) is 1. The summed E-state index contributed by atoms with van der Waals surface area (Å²) in [6.07, 6.45) is 4.13. The molecule has 48 heavy (non-hydrogen) atoms. The van der Waals surface area contributed by atoms with Crippen LogP contribution in [-0.4, -0.2) is 83.2 Å². The molecule has 3 aliphatic rings. The summed E-state index contributed by atoms with van der Waals surface area (Å²) in [5.41, 5.74) is 1.25. The first-order chi connectivity index (χ1) is 23.4. The maximum absolute atomic E-state index is 15.0. The summed E-state index contributed by atoms with van der Waals surface area (Å²) >= 11 is 0. The van der Waals surface area contributed by atoms with Gasteiger partial charge in [-0.25, -0.2) is 0 Å². The highest BCUT2D eigenvalue weighted by molar-refractivity contribution is 6.05. The predicted molar refractivity (Wildman–Crippen MR) is 183 cm³/mol. The average molecular weight is 650 g/mol. The molecule has 3 fully saturated rings. The number of carbonyl (C=O) groups is 3. The van der Waals surface area contributed by atoms with Gasteiger partial charge in [-0.3, -0.25) is 14.4 Å². The van der Waals surface area contributed by atoms with E-state index >= 15 is 0 Å². The third-order valence-corrected chi connectivity index (χ3v) is 10.0. The van der Waals surface area contributed by atoms with Gasteiger partial charge >= 0.3 is 0 Å². The average Bonchev–Trinajstić information content (AvgIpc) is 3.77. The number of aliphatic hydroxyl groups excluding tert-OH is 1. The largest absolute Gasteiger partial charge is 0.497 e. The molecule has 0 radical (unpaired) electrons. The van der Waals surface area contributed by atoms with Crippen LogP contribution in [-0.2, 0) is 32.1 Å². The van der Waals surface area contributed by atoms with Crippen molar-refractivity contribution < 1.29 is 29.0 Å². The fraction of sp³-hybridized carbons (Fsp3) is 0.359. The van der Waals surface area contributed by atoms with Crippen molar-refractivity contribution >= 4 is 23.4 Å². The Balaban J connectivity index is 1.41. The van der Waals surface area contributed by atoms with Crippen molar-refractivity contribution in [2.75, 3.05) is 31.7 Å². The first-order valence-corrected chi connectivity index (χ1v) is 16.5. The molecule has 3 aliphatic heterocycles. The van der Waals surface area contributed by atoms with Gasteiger partial charge < -0.3 is 29.3 Å². The van der Waals surface area contributed by atoms with Gasteiger partial charge in [-0.05, 0) is 54.7 Å². The Morgan fingerprint density at radius 2 is 1.62 bits per heavy atom. The van der Waals surface area contributed by atoms with Crippen molar-refractivity contribution in [3.05, 3.63) is 121 Å². The van der Waals surface area contributed by atoms with Crippen molar-refractivity contribution in [2.45, 2.75) is 49.6 Å².